The highest BCUT2D eigenvalue weighted by molar-refractivity contribution is 7.18. The molecule has 1 aliphatic heterocycles. The van der Waals surface area contributed by atoms with Gasteiger partial charge in [0.05, 0.1) is 0 Å². The zero-order valence-electron chi connectivity index (χ0n) is 6.94. The Bertz CT molecular complexity index is 177. The maximum Gasteiger partial charge on any atom is 0.141 e. The number of nitrogens with zero attached hydrogens (tertiary/aromatic N) is 1. The third-order valence-electron chi connectivity index (χ3n) is 3.21. The van der Waals surface area contributed by atoms with Gasteiger partial charge in [-0.2, -0.15) is 0 Å². The fourth-order valence-corrected chi connectivity index (χ4v) is 2.81. The third-order valence-corrected chi connectivity index (χ3v) is 4.00. The maximum atomic E-state index is 13.9. The van der Waals surface area contributed by atoms with Gasteiger partial charge in [-0.3, -0.25) is 0 Å². The van der Waals surface area contributed by atoms with E-state index in [0.29, 0.717) is 6.54 Å². The van der Waals surface area contributed by atoms with Crippen LogP contribution in [0.4, 0.5) is 4.39 Å². The molecule has 2 aliphatic rings. The molecule has 1 saturated heterocycles. The van der Waals surface area contributed by atoms with Crippen LogP contribution in [0.15, 0.2) is 0 Å². The molecule has 3 heteroatoms. The fraction of sp³-hybridized carbons (Fsp3) is 1.00. The van der Waals surface area contributed by atoms with Crippen molar-refractivity contribution in [3.05, 3.63) is 0 Å². The minimum absolute atomic E-state index is 0.0597. The Labute approximate surface area is 69.5 Å². The Morgan fingerprint density at radius 3 is 2.45 bits per heavy atom. The average Bonchev–Trinajstić information content (AvgIpc) is 2.60. The second kappa shape index (κ2) is 2.17. The molecule has 0 amide bonds. The van der Waals surface area contributed by atoms with Crippen LogP contribution in [-0.4, -0.2) is 30.4 Å². The Hall–Kier alpha value is 0.320. The summed E-state index contributed by atoms with van der Waals surface area (Å²) in [4.78, 5) is 2.08. The molecule has 1 aliphatic carbocycles. The van der Waals surface area contributed by atoms with E-state index in [9.17, 15) is 4.39 Å². The minimum Gasteiger partial charge on any atom is -0.303 e. The van der Waals surface area contributed by atoms with Gasteiger partial charge >= 0.3 is 0 Å². The van der Waals surface area contributed by atoms with Crippen LogP contribution in [-0.2, 0) is 0 Å². The van der Waals surface area contributed by atoms with E-state index in [4.69, 9.17) is 0 Å². The van der Waals surface area contributed by atoms with Crippen molar-refractivity contribution in [2.24, 2.45) is 5.41 Å². The van der Waals surface area contributed by atoms with Gasteiger partial charge in [0.2, 0.25) is 0 Å². The Balaban J connectivity index is 2.14. The molecule has 2 atom stereocenters. The second-order valence-corrected chi connectivity index (χ2v) is 5.05. The lowest BCUT2D eigenvalue weighted by Crippen LogP contribution is -2.46. The summed E-state index contributed by atoms with van der Waals surface area (Å²) in [6.45, 7) is 1.66. The highest BCUT2D eigenvalue weighted by atomic mass is 31.0. The number of likely N-dealkylation sites (tertiary alicyclic amines) is 1. The van der Waals surface area contributed by atoms with Crippen LogP contribution in [0.3, 0.4) is 0 Å². The molecule has 1 spiro atoms. The molecule has 0 aromatic heterocycles. The van der Waals surface area contributed by atoms with E-state index in [1.165, 1.54) is 0 Å². The van der Waals surface area contributed by atoms with Gasteiger partial charge in [-0.25, -0.2) is 4.39 Å². The molecule has 0 aromatic rings. The lowest BCUT2D eigenvalue weighted by molar-refractivity contribution is 0.0583. The van der Waals surface area contributed by atoms with Crippen LogP contribution < -0.4 is 0 Å². The van der Waals surface area contributed by atoms with Gasteiger partial charge in [-0.1, -0.05) is 9.24 Å². The van der Waals surface area contributed by atoms with Gasteiger partial charge in [-0.15, -0.1) is 0 Å². The molecule has 0 bridgehead atoms. The highest BCUT2D eigenvalue weighted by Gasteiger charge is 2.59. The van der Waals surface area contributed by atoms with E-state index in [1.807, 2.05) is 7.05 Å². The van der Waals surface area contributed by atoms with Crippen LogP contribution in [0.2, 0.25) is 0 Å². The standard InChI is InChI=1S/C8H15FNP/c1-10-5-4-7(2-3-7)8(9,11)6-10/h2-6,11H2,1H3. The van der Waals surface area contributed by atoms with Crippen LogP contribution in [0.5, 0.6) is 0 Å². The summed E-state index contributed by atoms with van der Waals surface area (Å²) in [5.41, 5.74) is 0.0597. The fourth-order valence-electron chi connectivity index (χ4n) is 2.07. The van der Waals surface area contributed by atoms with Crippen molar-refractivity contribution in [3.63, 3.8) is 0 Å². The van der Waals surface area contributed by atoms with Crippen molar-refractivity contribution in [1.82, 2.24) is 4.90 Å². The van der Waals surface area contributed by atoms with Crippen molar-refractivity contribution >= 4 is 9.24 Å². The largest absolute Gasteiger partial charge is 0.303 e. The second-order valence-electron chi connectivity index (χ2n) is 4.13. The van der Waals surface area contributed by atoms with E-state index >= 15 is 0 Å². The lowest BCUT2D eigenvalue weighted by Gasteiger charge is -2.40. The zero-order chi connectivity index (χ0) is 8.11. The molecule has 64 valence electrons. The molecule has 1 nitrogen and oxygen atoms in total. The topological polar surface area (TPSA) is 3.24 Å². The Morgan fingerprint density at radius 1 is 1.36 bits per heavy atom. The summed E-state index contributed by atoms with van der Waals surface area (Å²) >= 11 is 0. The molecule has 2 unspecified atom stereocenters. The Kier molecular flexibility index (Phi) is 1.57. The van der Waals surface area contributed by atoms with Gasteiger partial charge in [0.25, 0.3) is 0 Å². The smallest absolute Gasteiger partial charge is 0.141 e. The maximum absolute atomic E-state index is 13.9. The first-order valence-corrected chi connectivity index (χ1v) is 4.80. The van der Waals surface area contributed by atoms with Gasteiger partial charge in [0.1, 0.15) is 5.41 Å². The summed E-state index contributed by atoms with van der Waals surface area (Å²) in [5, 5.41) is -1.00. The van der Waals surface area contributed by atoms with Crippen LogP contribution in [0.25, 0.3) is 0 Å². The molecule has 1 saturated carbocycles. The summed E-state index contributed by atoms with van der Waals surface area (Å²) in [6, 6.07) is 0. The number of piperidine rings is 1. The van der Waals surface area contributed by atoms with Gasteiger partial charge in [-0.05, 0) is 32.9 Å². The zero-order valence-corrected chi connectivity index (χ0v) is 8.09. The van der Waals surface area contributed by atoms with Crippen LogP contribution >= 0.6 is 9.24 Å². The minimum atomic E-state index is -1.00. The van der Waals surface area contributed by atoms with Crippen LogP contribution in [0.1, 0.15) is 19.3 Å². The number of hydrogen-bond donors (Lipinski definition) is 0. The van der Waals surface area contributed by atoms with E-state index in [-0.39, 0.29) is 5.41 Å². The summed E-state index contributed by atoms with van der Waals surface area (Å²) in [5.74, 6) is 0. The van der Waals surface area contributed by atoms with Crippen LogP contribution in [0, 0.1) is 5.41 Å². The van der Waals surface area contributed by atoms with Crippen molar-refractivity contribution in [3.8, 4) is 0 Å². The molecular formula is C8H15FNP. The van der Waals surface area contributed by atoms with Crippen molar-refractivity contribution in [2.75, 3.05) is 20.1 Å². The quantitative estimate of drug-likeness (QED) is 0.506. The number of alkyl halides is 1. The molecule has 11 heavy (non-hydrogen) atoms. The molecule has 1 heterocycles. The molecular weight excluding hydrogens is 160 g/mol. The average molecular weight is 175 g/mol. The normalized spacial score (nSPS) is 42.8. The molecule has 0 N–H and O–H groups in total. The van der Waals surface area contributed by atoms with E-state index in [2.05, 4.69) is 14.1 Å². The molecule has 0 radical (unpaired) electrons. The molecule has 0 aromatic carbocycles. The van der Waals surface area contributed by atoms with Gasteiger partial charge in [0.15, 0.2) is 0 Å². The van der Waals surface area contributed by atoms with Crippen molar-refractivity contribution in [1.29, 1.82) is 0 Å². The first kappa shape index (κ1) is 7.94. The SMILES string of the molecule is CN1CCC2(CC2)C(F)(P)C1. The monoisotopic (exact) mass is 175 g/mol. The summed E-state index contributed by atoms with van der Waals surface area (Å²) < 4.78 is 13.9. The third kappa shape index (κ3) is 1.11. The summed E-state index contributed by atoms with van der Waals surface area (Å²) in [6.07, 6.45) is 3.24. The van der Waals surface area contributed by atoms with E-state index in [1.54, 1.807) is 0 Å². The lowest BCUT2D eigenvalue weighted by atomic mass is 9.91. The molecule has 2 rings (SSSR count). The first-order chi connectivity index (χ1) is 5.06. The van der Waals surface area contributed by atoms with Gasteiger partial charge in [0, 0.05) is 12.0 Å². The Morgan fingerprint density at radius 2 is 2.00 bits per heavy atom. The molecule has 2 fully saturated rings. The summed E-state index contributed by atoms with van der Waals surface area (Å²) in [7, 11) is 4.40. The van der Waals surface area contributed by atoms with E-state index in [0.717, 1.165) is 25.8 Å². The predicted molar refractivity (Wildman–Crippen MR) is 47.3 cm³/mol. The first-order valence-electron chi connectivity index (χ1n) is 4.22. The number of rotatable bonds is 0. The van der Waals surface area contributed by atoms with Gasteiger partial charge < -0.3 is 4.90 Å². The number of halogens is 1. The highest BCUT2D eigenvalue weighted by Crippen LogP contribution is 2.62. The predicted octanol–water partition coefficient (Wildman–Crippen LogP) is 1.64. The van der Waals surface area contributed by atoms with Crippen molar-refractivity contribution < 1.29 is 4.39 Å². The van der Waals surface area contributed by atoms with Crippen molar-refractivity contribution in [2.45, 2.75) is 24.7 Å². The number of hydrogen-bond acceptors (Lipinski definition) is 1. The van der Waals surface area contributed by atoms with E-state index < -0.39 is 5.41 Å².